The van der Waals surface area contributed by atoms with Gasteiger partial charge in [0.1, 0.15) is 0 Å². The van der Waals surface area contributed by atoms with Crippen LogP contribution in [0.15, 0.2) is 53.6 Å². The summed E-state index contributed by atoms with van der Waals surface area (Å²) in [5.74, 6) is -0.594. The molecule has 25 heavy (non-hydrogen) atoms. The maximum atomic E-state index is 11.9. The van der Waals surface area contributed by atoms with E-state index in [1.807, 2.05) is 38.1 Å². The monoisotopic (exact) mass is 357 g/mol. The van der Waals surface area contributed by atoms with Crippen LogP contribution in [0.1, 0.15) is 30.9 Å². The third-order valence-electron chi connectivity index (χ3n) is 3.54. The van der Waals surface area contributed by atoms with Crippen LogP contribution in [0.2, 0.25) is 5.02 Å². The summed E-state index contributed by atoms with van der Waals surface area (Å²) in [6.45, 7) is 3.82. The van der Waals surface area contributed by atoms with Gasteiger partial charge in [-0.1, -0.05) is 53.6 Å². The normalized spacial score (nSPS) is 11.1. The molecule has 0 saturated carbocycles. The average molecular weight is 358 g/mol. The number of nitrogens with zero attached hydrogens (tertiary/aromatic N) is 1. The van der Waals surface area contributed by atoms with Gasteiger partial charge in [0.25, 0.3) is 0 Å². The van der Waals surface area contributed by atoms with Crippen molar-refractivity contribution in [2.24, 2.45) is 5.10 Å². The zero-order chi connectivity index (χ0) is 18.2. The van der Waals surface area contributed by atoms with Gasteiger partial charge in [-0.2, -0.15) is 5.10 Å². The zero-order valence-corrected chi connectivity index (χ0v) is 14.9. The summed E-state index contributed by atoms with van der Waals surface area (Å²) in [4.78, 5) is 23.7. The van der Waals surface area contributed by atoms with Gasteiger partial charge in [0, 0.05) is 12.8 Å². The number of aryl methyl sites for hydroxylation is 1. The summed E-state index contributed by atoms with van der Waals surface area (Å²) >= 11 is 5.97. The molecule has 0 aliphatic rings. The van der Waals surface area contributed by atoms with E-state index in [1.54, 1.807) is 24.3 Å². The average Bonchev–Trinajstić information content (AvgIpc) is 2.60. The molecule has 0 fully saturated rings. The molecular weight excluding hydrogens is 338 g/mol. The van der Waals surface area contributed by atoms with Crippen LogP contribution in [0.5, 0.6) is 0 Å². The van der Waals surface area contributed by atoms with Crippen molar-refractivity contribution in [3.8, 4) is 0 Å². The van der Waals surface area contributed by atoms with Crippen LogP contribution in [0.4, 0.5) is 5.69 Å². The molecule has 130 valence electrons. The molecule has 0 unspecified atom stereocenters. The van der Waals surface area contributed by atoms with E-state index in [4.69, 9.17) is 11.6 Å². The van der Waals surface area contributed by atoms with Gasteiger partial charge in [0.2, 0.25) is 11.8 Å². The van der Waals surface area contributed by atoms with Crippen molar-refractivity contribution < 1.29 is 9.59 Å². The van der Waals surface area contributed by atoms with Crippen molar-refractivity contribution in [3.05, 3.63) is 64.7 Å². The topological polar surface area (TPSA) is 70.6 Å². The lowest BCUT2D eigenvalue weighted by molar-refractivity contribution is -0.124. The fourth-order valence-corrected chi connectivity index (χ4v) is 2.25. The zero-order valence-electron chi connectivity index (χ0n) is 14.2. The van der Waals surface area contributed by atoms with Gasteiger partial charge in [0.05, 0.1) is 16.4 Å². The van der Waals surface area contributed by atoms with E-state index in [2.05, 4.69) is 15.8 Å². The summed E-state index contributed by atoms with van der Waals surface area (Å²) < 4.78 is 0. The second-order valence-corrected chi connectivity index (χ2v) is 6.03. The minimum Gasteiger partial charge on any atom is -0.325 e. The highest BCUT2D eigenvalue weighted by Gasteiger charge is 2.08. The number of rotatable bonds is 6. The van der Waals surface area contributed by atoms with Crippen molar-refractivity contribution in [3.63, 3.8) is 0 Å². The maximum absolute atomic E-state index is 11.9. The number of para-hydroxylation sites is 1. The Morgan fingerprint density at radius 3 is 2.32 bits per heavy atom. The van der Waals surface area contributed by atoms with E-state index in [1.165, 1.54) is 0 Å². The van der Waals surface area contributed by atoms with Crippen molar-refractivity contribution in [2.45, 2.75) is 26.7 Å². The van der Waals surface area contributed by atoms with Crippen LogP contribution in [-0.2, 0) is 9.59 Å². The first kappa shape index (κ1) is 18.7. The smallest absolute Gasteiger partial charge is 0.240 e. The Labute approximate surface area is 152 Å². The summed E-state index contributed by atoms with van der Waals surface area (Å²) in [6, 6.07) is 14.8. The van der Waals surface area contributed by atoms with E-state index in [9.17, 15) is 9.59 Å². The van der Waals surface area contributed by atoms with Crippen molar-refractivity contribution >= 4 is 34.8 Å². The van der Waals surface area contributed by atoms with Crippen LogP contribution < -0.4 is 10.7 Å². The van der Waals surface area contributed by atoms with Gasteiger partial charge in [0.15, 0.2) is 0 Å². The van der Waals surface area contributed by atoms with Gasteiger partial charge in [-0.3, -0.25) is 9.59 Å². The molecule has 0 heterocycles. The molecule has 0 aliphatic carbocycles. The third kappa shape index (κ3) is 6.04. The second kappa shape index (κ2) is 8.99. The highest BCUT2D eigenvalue weighted by Crippen LogP contribution is 2.20. The lowest BCUT2D eigenvalue weighted by atomic mass is 10.1. The Bertz CT molecular complexity index is 786. The first-order valence-corrected chi connectivity index (χ1v) is 8.28. The van der Waals surface area contributed by atoms with Crippen LogP contribution in [0.3, 0.4) is 0 Å². The largest absolute Gasteiger partial charge is 0.325 e. The lowest BCUT2D eigenvalue weighted by Gasteiger charge is -2.07. The summed E-state index contributed by atoms with van der Waals surface area (Å²) in [6.07, 6.45) is 0.0944. The minimum atomic E-state index is -0.319. The molecule has 2 aromatic carbocycles. The highest BCUT2D eigenvalue weighted by molar-refractivity contribution is 6.33. The molecule has 0 aliphatic heterocycles. The predicted molar refractivity (Wildman–Crippen MR) is 101 cm³/mol. The molecule has 5 nitrogen and oxygen atoms in total. The Morgan fingerprint density at radius 2 is 1.64 bits per heavy atom. The SMILES string of the molecule is CC(=NNC(=O)CCC(=O)Nc1ccccc1Cl)c1ccc(C)cc1. The first-order chi connectivity index (χ1) is 12.0. The summed E-state index contributed by atoms with van der Waals surface area (Å²) in [5.41, 5.74) is 5.79. The molecule has 2 rings (SSSR count). The van der Waals surface area contributed by atoms with Crippen molar-refractivity contribution in [1.82, 2.24) is 5.43 Å². The van der Waals surface area contributed by atoms with Gasteiger partial charge >= 0.3 is 0 Å². The summed E-state index contributed by atoms with van der Waals surface area (Å²) in [7, 11) is 0. The Kier molecular flexibility index (Phi) is 6.71. The van der Waals surface area contributed by atoms with Gasteiger partial charge in [-0.15, -0.1) is 0 Å². The Hall–Kier alpha value is -2.66. The first-order valence-electron chi connectivity index (χ1n) is 7.90. The van der Waals surface area contributed by atoms with Gasteiger partial charge in [-0.25, -0.2) is 5.43 Å². The molecule has 0 saturated heterocycles. The lowest BCUT2D eigenvalue weighted by Crippen LogP contribution is -2.21. The van der Waals surface area contributed by atoms with Crippen LogP contribution in [-0.4, -0.2) is 17.5 Å². The number of nitrogens with one attached hydrogen (secondary N) is 2. The molecule has 2 amide bonds. The quantitative estimate of drug-likeness (QED) is 0.607. The van der Waals surface area contributed by atoms with E-state index in [-0.39, 0.29) is 24.7 Å². The van der Waals surface area contributed by atoms with Gasteiger partial charge in [-0.05, 0) is 31.5 Å². The molecule has 0 spiro atoms. The fraction of sp³-hybridized carbons (Fsp3) is 0.211. The van der Waals surface area contributed by atoms with Crippen molar-refractivity contribution in [2.75, 3.05) is 5.32 Å². The fourth-order valence-electron chi connectivity index (χ4n) is 2.06. The predicted octanol–water partition coefficient (Wildman–Crippen LogP) is 3.91. The third-order valence-corrected chi connectivity index (χ3v) is 3.87. The number of hydrazone groups is 1. The van der Waals surface area contributed by atoms with Crippen LogP contribution >= 0.6 is 11.6 Å². The number of hydrogen-bond acceptors (Lipinski definition) is 3. The molecule has 0 radical (unpaired) electrons. The highest BCUT2D eigenvalue weighted by atomic mass is 35.5. The van der Waals surface area contributed by atoms with E-state index >= 15 is 0 Å². The number of amides is 2. The van der Waals surface area contributed by atoms with E-state index in [0.29, 0.717) is 16.4 Å². The number of carbonyl (C=O) groups excluding carboxylic acids is 2. The standard InChI is InChI=1S/C19H20ClN3O2/c1-13-7-9-15(10-8-13)14(2)22-23-19(25)12-11-18(24)21-17-6-4-3-5-16(17)20/h3-10H,11-12H2,1-2H3,(H,21,24)(H,23,25). The number of anilines is 1. The number of benzene rings is 2. The summed E-state index contributed by atoms with van der Waals surface area (Å²) in [5, 5.41) is 7.20. The number of hydrogen-bond donors (Lipinski definition) is 2. The van der Waals surface area contributed by atoms with Gasteiger partial charge < -0.3 is 5.32 Å². The van der Waals surface area contributed by atoms with Crippen LogP contribution in [0, 0.1) is 6.92 Å². The van der Waals surface area contributed by atoms with Crippen molar-refractivity contribution in [1.29, 1.82) is 0 Å². The molecule has 0 atom stereocenters. The number of carbonyl (C=O) groups is 2. The van der Waals surface area contributed by atoms with Crippen LogP contribution in [0.25, 0.3) is 0 Å². The van der Waals surface area contributed by atoms with E-state index < -0.39 is 0 Å². The van der Waals surface area contributed by atoms with E-state index in [0.717, 1.165) is 11.1 Å². The minimum absolute atomic E-state index is 0.0426. The molecular formula is C19H20ClN3O2. The molecule has 6 heteroatoms. The maximum Gasteiger partial charge on any atom is 0.240 e. The number of halogens is 1. The second-order valence-electron chi connectivity index (χ2n) is 5.63. The molecule has 0 bridgehead atoms. The Morgan fingerprint density at radius 1 is 1.00 bits per heavy atom. The molecule has 2 N–H and O–H groups in total. The Balaban J connectivity index is 1.80. The molecule has 0 aromatic heterocycles. The molecule has 2 aromatic rings.